The Morgan fingerprint density at radius 2 is 1.71 bits per heavy atom. The summed E-state index contributed by atoms with van der Waals surface area (Å²) in [5, 5.41) is 10.0. The zero-order valence-electron chi connectivity index (χ0n) is 11.2. The summed E-state index contributed by atoms with van der Waals surface area (Å²) in [5.74, 6) is 1.05. The summed E-state index contributed by atoms with van der Waals surface area (Å²) in [5.41, 5.74) is 2.33. The first-order valence-corrected chi connectivity index (χ1v) is 6.70. The fourth-order valence-electron chi connectivity index (χ4n) is 4.75. The van der Waals surface area contributed by atoms with Crippen molar-refractivity contribution in [2.75, 3.05) is 0 Å². The molecule has 0 aromatic heterocycles. The lowest BCUT2D eigenvalue weighted by atomic mass is 9.78. The number of Topliss-reactive ketones (excluding diaryl/α,β-unsaturated/α-hetero) is 1. The van der Waals surface area contributed by atoms with E-state index in [1.54, 1.807) is 0 Å². The van der Waals surface area contributed by atoms with Gasteiger partial charge in [-0.3, -0.25) is 4.79 Å². The van der Waals surface area contributed by atoms with Crippen molar-refractivity contribution in [1.29, 1.82) is 0 Å². The molecule has 0 radical (unpaired) electrons. The van der Waals surface area contributed by atoms with Gasteiger partial charge in [-0.05, 0) is 50.0 Å². The summed E-state index contributed by atoms with van der Waals surface area (Å²) in [6.45, 7) is 8.59. The van der Waals surface area contributed by atoms with Crippen molar-refractivity contribution < 1.29 is 9.90 Å². The third-order valence-electron chi connectivity index (χ3n) is 5.40. The number of aliphatic hydroxyl groups excluding tert-OH is 1. The van der Waals surface area contributed by atoms with Gasteiger partial charge < -0.3 is 5.11 Å². The van der Waals surface area contributed by atoms with Crippen LogP contribution >= 0.6 is 0 Å². The van der Waals surface area contributed by atoms with Crippen LogP contribution < -0.4 is 0 Å². The minimum Gasteiger partial charge on any atom is -0.389 e. The Balaban J connectivity index is 2.10. The van der Waals surface area contributed by atoms with E-state index in [-0.39, 0.29) is 22.9 Å². The smallest absolute Gasteiger partial charge is 0.146 e. The second-order valence-electron chi connectivity index (χ2n) is 7.30. The zero-order chi connectivity index (χ0) is 12.6. The molecule has 3 rings (SSSR count). The van der Waals surface area contributed by atoms with E-state index >= 15 is 0 Å². The second kappa shape index (κ2) is 3.03. The van der Waals surface area contributed by atoms with E-state index in [9.17, 15) is 9.90 Å². The van der Waals surface area contributed by atoms with Gasteiger partial charge in [-0.25, -0.2) is 0 Å². The molecule has 0 heterocycles. The number of aliphatic hydroxyl groups is 1. The predicted molar refractivity (Wildman–Crippen MR) is 66.4 cm³/mol. The van der Waals surface area contributed by atoms with Gasteiger partial charge in [0.15, 0.2) is 0 Å². The molecule has 0 saturated heterocycles. The van der Waals surface area contributed by atoms with Gasteiger partial charge in [-0.1, -0.05) is 19.4 Å². The lowest BCUT2D eigenvalue weighted by Crippen LogP contribution is -2.27. The van der Waals surface area contributed by atoms with Crippen molar-refractivity contribution in [3.63, 3.8) is 0 Å². The summed E-state index contributed by atoms with van der Waals surface area (Å²) in [7, 11) is 0. The van der Waals surface area contributed by atoms with Crippen LogP contribution in [0.1, 0.15) is 47.0 Å². The van der Waals surface area contributed by atoms with Crippen LogP contribution in [-0.4, -0.2) is 17.0 Å². The number of hydrogen-bond acceptors (Lipinski definition) is 2. The van der Waals surface area contributed by atoms with Gasteiger partial charge in [0.1, 0.15) is 5.78 Å². The molecule has 0 aromatic carbocycles. The average molecular weight is 234 g/mol. The first-order chi connectivity index (χ1) is 7.76. The summed E-state index contributed by atoms with van der Waals surface area (Å²) >= 11 is 0. The van der Waals surface area contributed by atoms with E-state index in [1.807, 2.05) is 6.92 Å². The van der Waals surface area contributed by atoms with Gasteiger partial charge in [0, 0.05) is 5.92 Å². The molecule has 3 aliphatic carbocycles. The Morgan fingerprint density at radius 1 is 1.12 bits per heavy atom. The SMILES string of the molecule is CC1=C2C3CC(C)(C)CC3C(=O)C2(C)CC1O. The number of carbonyl (C=O) groups is 1. The number of rotatable bonds is 0. The minimum absolute atomic E-state index is 0.229. The van der Waals surface area contributed by atoms with E-state index in [1.165, 1.54) is 5.57 Å². The van der Waals surface area contributed by atoms with E-state index in [0.717, 1.165) is 18.4 Å². The Labute approximate surface area is 103 Å². The Kier molecular flexibility index (Phi) is 2.04. The fraction of sp³-hybridized carbons (Fsp3) is 0.800. The number of fused-ring (bicyclic) bond motifs is 3. The van der Waals surface area contributed by atoms with Crippen LogP contribution in [0, 0.1) is 22.7 Å². The molecule has 0 aromatic rings. The molecule has 4 atom stereocenters. The van der Waals surface area contributed by atoms with Gasteiger partial charge in [0.25, 0.3) is 0 Å². The first-order valence-electron chi connectivity index (χ1n) is 6.70. The molecule has 17 heavy (non-hydrogen) atoms. The quantitative estimate of drug-likeness (QED) is 0.654. The summed E-state index contributed by atoms with van der Waals surface area (Å²) in [6, 6.07) is 0. The van der Waals surface area contributed by atoms with E-state index < -0.39 is 0 Å². The van der Waals surface area contributed by atoms with Crippen LogP contribution in [0.4, 0.5) is 0 Å². The largest absolute Gasteiger partial charge is 0.389 e. The van der Waals surface area contributed by atoms with Crippen LogP contribution in [0.25, 0.3) is 0 Å². The minimum atomic E-state index is -0.386. The fourth-order valence-corrected chi connectivity index (χ4v) is 4.75. The normalized spacial score (nSPS) is 47.6. The number of carbonyl (C=O) groups excluding carboxylic acids is 1. The topological polar surface area (TPSA) is 37.3 Å². The molecule has 0 spiro atoms. The highest BCUT2D eigenvalue weighted by Crippen LogP contribution is 2.63. The van der Waals surface area contributed by atoms with Crippen molar-refractivity contribution in [3.05, 3.63) is 11.1 Å². The molecule has 3 aliphatic rings. The van der Waals surface area contributed by atoms with Gasteiger partial charge in [0.05, 0.1) is 11.5 Å². The van der Waals surface area contributed by atoms with Crippen molar-refractivity contribution in [3.8, 4) is 0 Å². The Bertz CT molecular complexity index is 432. The number of allylic oxidation sites excluding steroid dienone is 1. The summed E-state index contributed by atoms with van der Waals surface area (Å²) < 4.78 is 0. The molecular weight excluding hydrogens is 212 g/mol. The third kappa shape index (κ3) is 1.28. The maximum absolute atomic E-state index is 12.6. The lowest BCUT2D eigenvalue weighted by molar-refractivity contribution is -0.128. The van der Waals surface area contributed by atoms with Crippen molar-refractivity contribution >= 4 is 5.78 Å². The Hall–Kier alpha value is -0.630. The third-order valence-corrected chi connectivity index (χ3v) is 5.40. The molecule has 2 heteroatoms. The van der Waals surface area contributed by atoms with Gasteiger partial charge in [-0.15, -0.1) is 0 Å². The average Bonchev–Trinajstić information content (AvgIpc) is 2.68. The molecule has 94 valence electrons. The molecular formula is C15H22O2. The zero-order valence-corrected chi connectivity index (χ0v) is 11.2. The molecule has 2 nitrogen and oxygen atoms in total. The molecule has 0 aliphatic heterocycles. The van der Waals surface area contributed by atoms with Gasteiger partial charge in [-0.2, -0.15) is 0 Å². The molecule has 0 amide bonds. The first kappa shape index (κ1) is 11.5. The highest BCUT2D eigenvalue weighted by atomic mass is 16.3. The van der Waals surface area contributed by atoms with Crippen LogP contribution in [0.2, 0.25) is 0 Å². The highest BCUT2D eigenvalue weighted by Gasteiger charge is 2.61. The lowest BCUT2D eigenvalue weighted by Gasteiger charge is -2.25. The van der Waals surface area contributed by atoms with E-state index in [0.29, 0.717) is 18.1 Å². The van der Waals surface area contributed by atoms with Crippen LogP contribution in [-0.2, 0) is 4.79 Å². The van der Waals surface area contributed by atoms with E-state index in [4.69, 9.17) is 0 Å². The van der Waals surface area contributed by atoms with Gasteiger partial charge in [0.2, 0.25) is 0 Å². The molecule has 1 N–H and O–H groups in total. The molecule has 2 fully saturated rings. The van der Waals surface area contributed by atoms with Crippen LogP contribution in [0.15, 0.2) is 11.1 Å². The highest BCUT2D eigenvalue weighted by molar-refractivity contribution is 5.95. The molecule has 2 saturated carbocycles. The molecule has 4 unspecified atom stereocenters. The number of ketones is 1. The maximum Gasteiger partial charge on any atom is 0.146 e. The summed E-state index contributed by atoms with van der Waals surface area (Å²) in [6.07, 6.45) is 2.38. The standard InChI is InChI=1S/C15H22O2/c1-8-11(16)7-15(4)12(8)9-5-14(2,3)6-10(9)13(15)17/h9-11,16H,5-7H2,1-4H3. The number of hydrogen-bond donors (Lipinski definition) is 1. The Morgan fingerprint density at radius 3 is 2.35 bits per heavy atom. The van der Waals surface area contributed by atoms with Gasteiger partial charge >= 0.3 is 0 Å². The predicted octanol–water partition coefficient (Wildman–Crippen LogP) is 2.71. The van der Waals surface area contributed by atoms with Crippen LogP contribution in [0.5, 0.6) is 0 Å². The van der Waals surface area contributed by atoms with E-state index in [2.05, 4.69) is 20.8 Å². The van der Waals surface area contributed by atoms with Crippen molar-refractivity contribution in [1.82, 2.24) is 0 Å². The van der Waals surface area contributed by atoms with Crippen molar-refractivity contribution in [2.24, 2.45) is 22.7 Å². The maximum atomic E-state index is 12.6. The van der Waals surface area contributed by atoms with Crippen molar-refractivity contribution in [2.45, 2.75) is 53.1 Å². The van der Waals surface area contributed by atoms with Crippen LogP contribution in [0.3, 0.4) is 0 Å². The summed E-state index contributed by atoms with van der Waals surface area (Å²) in [4.78, 5) is 12.6. The monoisotopic (exact) mass is 234 g/mol. The second-order valence-corrected chi connectivity index (χ2v) is 7.30. The molecule has 0 bridgehead atoms.